The van der Waals surface area contributed by atoms with Crippen molar-refractivity contribution in [2.24, 2.45) is 18.9 Å². The monoisotopic (exact) mass is 465 g/mol. The minimum Gasteiger partial charge on any atom is -0.370 e. The highest BCUT2D eigenvalue weighted by atomic mass is 16.2. The second-order valence-electron chi connectivity index (χ2n) is 11.0. The molecule has 4 aliphatic rings. The molecule has 184 valence electrons. The summed E-state index contributed by atoms with van der Waals surface area (Å²) in [5, 5.41) is 7.82. The molecule has 2 atom stereocenters. The summed E-state index contributed by atoms with van der Waals surface area (Å²) in [6, 6.07) is 2.37. The van der Waals surface area contributed by atoms with Crippen LogP contribution in [0.3, 0.4) is 0 Å². The Morgan fingerprint density at radius 1 is 1.00 bits per heavy atom. The Balaban J connectivity index is 1.04. The molecule has 2 aromatic heterocycles. The molecule has 5 heterocycles. The number of rotatable bonds is 6. The van der Waals surface area contributed by atoms with E-state index in [1.54, 1.807) is 0 Å². The van der Waals surface area contributed by atoms with Gasteiger partial charge in [-0.3, -0.25) is 9.48 Å². The van der Waals surface area contributed by atoms with E-state index in [1.807, 2.05) is 17.9 Å². The van der Waals surface area contributed by atoms with E-state index in [0.717, 1.165) is 68.6 Å². The van der Waals surface area contributed by atoms with E-state index in [2.05, 4.69) is 31.2 Å². The second kappa shape index (κ2) is 9.46. The number of nitrogens with one attached hydrogen (secondary N) is 1. The van der Waals surface area contributed by atoms with Gasteiger partial charge >= 0.3 is 0 Å². The van der Waals surface area contributed by atoms with Crippen LogP contribution >= 0.6 is 0 Å². The molecule has 8 heteroatoms. The molecule has 2 aromatic rings. The minimum atomic E-state index is -0.0876. The highest BCUT2D eigenvalue weighted by Crippen LogP contribution is 2.44. The van der Waals surface area contributed by atoms with Gasteiger partial charge in [-0.15, -0.1) is 0 Å². The number of carbonyl (C=O) groups is 1. The van der Waals surface area contributed by atoms with E-state index < -0.39 is 0 Å². The van der Waals surface area contributed by atoms with Gasteiger partial charge in [-0.05, 0) is 50.0 Å². The van der Waals surface area contributed by atoms with Crippen LogP contribution in [0.4, 0.5) is 5.69 Å². The number of fused-ring (bicyclic) bond motifs is 2. The van der Waals surface area contributed by atoms with Gasteiger partial charge in [0.1, 0.15) is 5.52 Å². The van der Waals surface area contributed by atoms with Crippen molar-refractivity contribution in [2.75, 3.05) is 57.3 Å². The molecule has 4 fully saturated rings. The van der Waals surface area contributed by atoms with Crippen LogP contribution in [0.1, 0.15) is 55.4 Å². The number of carbonyl (C=O) groups excluding carboxylic acids is 1. The normalized spacial score (nSPS) is 26.6. The van der Waals surface area contributed by atoms with E-state index >= 15 is 0 Å². The maximum atomic E-state index is 13.1. The van der Waals surface area contributed by atoms with E-state index in [1.165, 1.54) is 51.7 Å². The van der Waals surface area contributed by atoms with Crippen LogP contribution < -0.4 is 10.2 Å². The van der Waals surface area contributed by atoms with Crippen molar-refractivity contribution in [1.82, 2.24) is 29.9 Å². The fourth-order valence-corrected chi connectivity index (χ4v) is 6.29. The Kier molecular flexibility index (Phi) is 6.20. The predicted molar refractivity (Wildman–Crippen MR) is 134 cm³/mol. The summed E-state index contributed by atoms with van der Waals surface area (Å²) < 4.78 is 1.81. The first-order chi connectivity index (χ1) is 16.6. The number of amides is 1. The number of anilines is 1. The molecule has 1 N–H and O–H groups in total. The predicted octanol–water partition coefficient (Wildman–Crippen LogP) is 2.49. The van der Waals surface area contributed by atoms with Crippen molar-refractivity contribution in [1.29, 1.82) is 0 Å². The van der Waals surface area contributed by atoms with Crippen LogP contribution in [-0.4, -0.2) is 88.9 Å². The lowest BCUT2D eigenvalue weighted by Gasteiger charge is -2.33. The molecule has 0 bridgehead atoms. The van der Waals surface area contributed by atoms with Gasteiger partial charge in [0.2, 0.25) is 0 Å². The maximum Gasteiger partial charge on any atom is 0.274 e. The first kappa shape index (κ1) is 22.3. The van der Waals surface area contributed by atoms with Gasteiger partial charge in [-0.2, -0.15) is 5.10 Å². The van der Waals surface area contributed by atoms with Crippen LogP contribution in [0, 0.1) is 11.8 Å². The van der Waals surface area contributed by atoms with Crippen LogP contribution in [0.5, 0.6) is 0 Å². The Morgan fingerprint density at radius 2 is 1.71 bits per heavy atom. The third-order valence-electron chi connectivity index (χ3n) is 8.57. The Bertz CT molecular complexity index is 1010. The Hall–Kier alpha value is -2.19. The van der Waals surface area contributed by atoms with Crippen molar-refractivity contribution in [3.8, 4) is 0 Å². The van der Waals surface area contributed by atoms with E-state index in [0.29, 0.717) is 11.2 Å². The third kappa shape index (κ3) is 4.67. The lowest BCUT2D eigenvalue weighted by molar-refractivity contribution is 0.0903. The molecule has 3 aliphatic heterocycles. The summed E-state index contributed by atoms with van der Waals surface area (Å²) in [4.78, 5) is 25.5. The summed E-state index contributed by atoms with van der Waals surface area (Å²) in [7, 11) is 1.91. The number of hydrogen-bond donors (Lipinski definition) is 1. The number of hydrogen-bond acceptors (Lipinski definition) is 6. The molecule has 0 radical (unpaired) electrons. The molecule has 8 nitrogen and oxygen atoms in total. The number of nitrogens with zero attached hydrogens (tertiary/aromatic N) is 6. The van der Waals surface area contributed by atoms with Gasteiger partial charge < -0.3 is 20.0 Å². The number of piperidine rings is 2. The van der Waals surface area contributed by atoms with Gasteiger partial charge in [0, 0.05) is 65.4 Å². The van der Waals surface area contributed by atoms with Crippen molar-refractivity contribution in [2.45, 2.75) is 51.0 Å². The van der Waals surface area contributed by atoms with Crippen molar-refractivity contribution >= 4 is 22.6 Å². The molecular weight excluding hydrogens is 426 g/mol. The molecule has 6 rings (SSSR count). The zero-order valence-electron chi connectivity index (χ0n) is 20.6. The maximum absolute atomic E-state index is 13.1. The van der Waals surface area contributed by atoms with E-state index in [4.69, 9.17) is 4.98 Å². The topological polar surface area (TPSA) is 69.5 Å². The summed E-state index contributed by atoms with van der Waals surface area (Å²) in [5.74, 6) is 1.94. The third-order valence-corrected chi connectivity index (χ3v) is 8.57. The first-order valence-electron chi connectivity index (χ1n) is 13.5. The second-order valence-corrected chi connectivity index (χ2v) is 11.0. The fraction of sp³-hybridized carbons (Fsp3) is 0.731. The average Bonchev–Trinajstić information content (AvgIpc) is 3.45. The Morgan fingerprint density at radius 3 is 2.44 bits per heavy atom. The molecule has 0 aromatic carbocycles. The molecule has 1 saturated carbocycles. The highest BCUT2D eigenvalue weighted by Gasteiger charge is 2.44. The molecular formula is C26H39N7O. The van der Waals surface area contributed by atoms with E-state index in [9.17, 15) is 4.79 Å². The standard InChI is InChI=1S/C26H39N7O/c1-30-23-15-22(33-8-4-2-3-5-9-33)16-27-24(23)25(29-30)26(34)28-21-6-10-31(11-7-21)12-13-32-17-19-14-20(19)18-32/h15-16,19-21H,2-14,17-18H2,1H3,(H,28,34). The molecule has 1 amide bonds. The van der Waals surface area contributed by atoms with Crippen molar-refractivity contribution in [3.05, 3.63) is 18.0 Å². The lowest BCUT2D eigenvalue weighted by atomic mass is 10.0. The lowest BCUT2D eigenvalue weighted by Crippen LogP contribution is -2.46. The minimum absolute atomic E-state index is 0.0876. The van der Waals surface area contributed by atoms with Gasteiger partial charge in [-0.1, -0.05) is 12.8 Å². The summed E-state index contributed by atoms with van der Waals surface area (Å²) in [6.07, 6.45) is 10.5. The van der Waals surface area contributed by atoms with Crippen molar-refractivity contribution in [3.63, 3.8) is 0 Å². The highest BCUT2D eigenvalue weighted by molar-refractivity contribution is 6.03. The molecule has 3 saturated heterocycles. The van der Waals surface area contributed by atoms with Gasteiger partial charge in [0.15, 0.2) is 5.69 Å². The average molecular weight is 466 g/mol. The van der Waals surface area contributed by atoms with Gasteiger partial charge in [0.05, 0.1) is 17.4 Å². The van der Waals surface area contributed by atoms with E-state index in [-0.39, 0.29) is 11.9 Å². The quantitative estimate of drug-likeness (QED) is 0.707. The van der Waals surface area contributed by atoms with Crippen molar-refractivity contribution < 1.29 is 4.79 Å². The number of aromatic nitrogens is 3. The number of aryl methyl sites for hydroxylation is 1. The number of likely N-dealkylation sites (tertiary alicyclic amines) is 2. The molecule has 34 heavy (non-hydrogen) atoms. The molecule has 2 unspecified atom stereocenters. The van der Waals surface area contributed by atoms with Crippen LogP contribution in [-0.2, 0) is 7.05 Å². The van der Waals surface area contributed by atoms with Crippen LogP contribution in [0.15, 0.2) is 12.3 Å². The molecule has 1 aliphatic carbocycles. The number of pyridine rings is 1. The zero-order chi connectivity index (χ0) is 23.1. The fourth-order valence-electron chi connectivity index (χ4n) is 6.29. The van der Waals surface area contributed by atoms with Crippen LogP contribution in [0.25, 0.3) is 11.0 Å². The SMILES string of the molecule is Cn1nc(C(=O)NC2CCN(CCN3CC4CC4C3)CC2)c2ncc(N3CCCCCC3)cc21. The van der Waals surface area contributed by atoms with Crippen LogP contribution in [0.2, 0.25) is 0 Å². The summed E-state index contributed by atoms with van der Waals surface area (Å²) >= 11 is 0. The zero-order valence-corrected chi connectivity index (χ0v) is 20.6. The summed E-state index contributed by atoms with van der Waals surface area (Å²) in [5.41, 5.74) is 3.23. The van der Waals surface area contributed by atoms with Gasteiger partial charge in [0.25, 0.3) is 5.91 Å². The Labute approximate surface area is 202 Å². The van der Waals surface area contributed by atoms with Gasteiger partial charge in [-0.25, -0.2) is 4.98 Å². The largest absolute Gasteiger partial charge is 0.370 e. The smallest absolute Gasteiger partial charge is 0.274 e. The first-order valence-corrected chi connectivity index (χ1v) is 13.5. The molecule has 0 spiro atoms. The summed E-state index contributed by atoms with van der Waals surface area (Å²) in [6.45, 7) is 9.29.